The van der Waals surface area contributed by atoms with Gasteiger partial charge in [-0.05, 0) is 31.5 Å². The van der Waals surface area contributed by atoms with E-state index in [9.17, 15) is 19.5 Å². The summed E-state index contributed by atoms with van der Waals surface area (Å²) in [5.74, 6) is -0.607. The molecule has 1 fully saturated rings. The molecule has 0 saturated carbocycles. The van der Waals surface area contributed by atoms with Gasteiger partial charge in [0, 0.05) is 25.0 Å². The molecule has 0 bridgehead atoms. The van der Waals surface area contributed by atoms with Gasteiger partial charge in [0.2, 0.25) is 5.91 Å². The van der Waals surface area contributed by atoms with Crippen LogP contribution in [-0.2, 0) is 14.3 Å². The number of carboxylic acid groups (broad SMARTS) is 1. The van der Waals surface area contributed by atoms with Gasteiger partial charge in [-0.2, -0.15) is 0 Å². The van der Waals surface area contributed by atoms with Crippen molar-refractivity contribution in [3.63, 3.8) is 0 Å². The Morgan fingerprint density at radius 1 is 1.31 bits per heavy atom. The van der Waals surface area contributed by atoms with Crippen molar-refractivity contribution in [2.45, 2.75) is 31.7 Å². The maximum atomic E-state index is 12.0. The van der Waals surface area contributed by atoms with E-state index in [4.69, 9.17) is 14.2 Å². The first-order valence-electron chi connectivity index (χ1n) is 8.32. The van der Waals surface area contributed by atoms with E-state index >= 15 is 0 Å². The Labute approximate surface area is 151 Å². The second-order valence-corrected chi connectivity index (χ2v) is 6.11. The lowest BCUT2D eigenvalue weighted by Crippen LogP contribution is -2.55. The molecule has 8 nitrogen and oxygen atoms in total. The van der Waals surface area contributed by atoms with Crippen molar-refractivity contribution in [1.29, 1.82) is 0 Å². The molecule has 1 aliphatic rings. The highest BCUT2D eigenvalue weighted by Gasteiger charge is 2.43. The maximum Gasteiger partial charge on any atom is 0.331 e. The van der Waals surface area contributed by atoms with Crippen molar-refractivity contribution >= 4 is 17.7 Å². The van der Waals surface area contributed by atoms with Crippen LogP contribution in [0, 0.1) is 0 Å². The van der Waals surface area contributed by atoms with Crippen LogP contribution < -0.4 is 14.8 Å². The third kappa shape index (κ3) is 4.72. The molecule has 1 atom stereocenters. The highest BCUT2D eigenvalue weighted by Crippen LogP contribution is 2.28. The molecule has 1 aromatic rings. The number of nitrogens with one attached hydrogen (secondary N) is 1. The summed E-state index contributed by atoms with van der Waals surface area (Å²) >= 11 is 0. The number of hydrogen-bond donors (Lipinski definition) is 2. The number of carbonyl (C=O) groups is 3. The predicted octanol–water partition coefficient (Wildman–Crippen LogP) is 1.42. The first-order valence-corrected chi connectivity index (χ1v) is 8.32. The van der Waals surface area contributed by atoms with Crippen LogP contribution in [0.25, 0.3) is 0 Å². The van der Waals surface area contributed by atoms with E-state index < -0.39 is 11.5 Å². The fourth-order valence-electron chi connectivity index (χ4n) is 2.64. The molecule has 142 valence electrons. The van der Waals surface area contributed by atoms with Gasteiger partial charge in [-0.15, -0.1) is 0 Å². The van der Waals surface area contributed by atoms with Crippen molar-refractivity contribution < 1.29 is 33.7 Å². The third-order valence-corrected chi connectivity index (χ3v) is 4.19. The second-order valence-electron chi connectivity index (χ2n) is 6.11. The number of amides is 1. The van der Waals surface area contributed by atoms with E-state index in [-0.39, 0.29) is 37.7 Å². The number of methoxy groups -OCH3 is 1. The Hall–Kier alpha value is -2.61. The average molecular weight is 365 g/mol. The highest BCUT2D eigenvalue weighted by atomic mass is 16.5. The van der Waals surface area contributed by atoms with Crippen molar-refractivity contribution in [3.05, 3.63) is 23.8 Å². The van der Waals surface area contributed by atoms with Gasteiger partial charge in [0.05, 0.1) is 20.3 Å². The zero-order valence-electron chi connectivity index (χ0n) is 14.9. The van der Waals surface area contributed by atoms with Crippen molar-refractivity contribution in [3.8, 4) is 11.5 Å². The Balaban J connectivity index is 1.82. The lowest BCUT2D eigenvalue weighted by molar-refractivity contribution is -0.147. The monoisotopic (exact) mass is 365 g/mol. The summed E-state index contributed by atoms with van der Waals surface area (Å²) in [6, 6.07) is 4.88. The second kappa shape index (κ2) is 8.66. The molecule has 8 heteroatoms. The van der Waals surface area contributed by atoms with Crippen LogP contribution in [0.5, 0.6) is 11.5 Å². The summed E-state index contributed by atoms with van der Waals surface area (Å²) in [5, 5.41) is 11.8. The van der Waals surface area contributed by atoms with Crippen molar-refractivity contribution in [1.82, 2.24) is 5.32 Å². The number of ketones is 1. The lowest BCUT2D eigenvalue weighted by Gasteiger charge is -2.23. The zero-order valence-corrected chi connectivity index (χ0v) is 14.9. The van der Waals surface area contributed by atoms with E-state index in [2.05, 4.69) is 5.32 Å². The van der Waals surface area contributed by atoms with Crippen LogP contribution >= 0.6 is 0 Å². The van der Waals surface area contributed by atoms with Gasteiger partial charge in [-0.1, -0.05) is 0 Å². The molecule has 1 unspecified atom stereocenters. The zero-order chi connectivity index (χ0) is 19.2. The SMILES string of the molecule is COc1cc(C(C)=O)ccc1OCCCC(=O)NC1(C(=O)O)CCOC1. The Morgan fingerprint density at radius 3 is 2.65 bits per heavy atom. The molecular weight excluding hydrogens is 342 g/mol. The number of Topliss-reactive ketones (excluding diaryl/α,β-unsaturated/α-hetero) is 1. The van der Waals surface area contributed by atoms with Gasteiger partial charge in [0.25, 0.3) is 0 Å². The summed E-state index contributed by atoms with van der Waals surface area (Å²) in [6.45, 7) is 2.00. The molecule has 26 heavy (non-hydrogen) atoms. The van der Waals surface area contributed by atoms with Crippen molar-refractivity contribution in [2.24, 2.45) is 0 Å². The molecule has 1 heterocycles. The van der Waals surface area contributed by atoms with Gasteiger partial charge < -0.3 is 24.6 Å². The predicted molar refractivity (Wildman–Crippen MR) is 91.7 cm³/mol. The lowest BCUT2D eigenvalue weighted by atomic mass is 9.99. The van der Waals surface area contributed by atoms with Crippen LogP contribution in [0.3, 0.4) is 0 Å². The smallest absolute Gasteiger partial charge is 0.331 e. The maximum absolute atomic E-state index is 12.0. The summed E-state index contributed by atoms with van der Waals surface area (Å²) in [4.78, 5) is 34.8. The first-order chi connectivity index (χ1) is 12.4. The minimum absolute atomic E-state index is 0.0235. The summed E-state index contributed by atoms with van der Waals surface area (Å²) < 4.78 is 15.9. The Bertz CT molecular complexity index is 680. The van der Waals surface area contributed by atoms with E-state index in [1.807, 2.05) is 0 Å². The van der Waals surface area contributed by atoms with E-state index in [1.165, 1.54) is 14.0 Å². The Kier molecular flexibility index (Phi) is 6.57. The summed E-state index contributed by atoms with van der Waals surface area (Å²) in [7, 11) is 1.48. The summed E-state index contributed by atoms with van der Waals surface area (Å²) in [6.07, 6.45) is 0.785. The number of carbonyl (C=O) groups excluding carboxylic acids is 2. The molecular formula is C18H23NO7. The topological polar surface area (TPSA) is 111 Å². The van der Waals surface area contributed by atoms with E-state index in [1.54, 1.807) is 18.2 Å². The van der Waals surface area contributed by atoms with Gasteiger partial charge in [0.15, 0.2) is 22.8 Å². The van der Waals surface area contributed by atoms with Crippen LogP contribution in [0.15, 0.2) is 18.2 Å². The fraction of sp³-hybridized carbons (Fsp3) is 0.500. The minimum Gasteiger partial charge on any atom is -0.493 e. The minimum atomic E-state index is -1.33. The molecule has 1 aliphatic heterocycles. The van der Waals surface area contributed by atoms with Crippen molar-refractivity contribution in [2.75, 3.05) is 26.9 Å². The van der Waals surface area contributed by atoms with Crippen LogP contribution in [0.1, 0.15) is 36.5 Å². The Morgan fingerprint density at radius 2 is 2.08 bits per heavy atom. The standard InChI is InChI=1S/C18H23NO7/c1-12(20)13-5-6-14(15(10-13)24-2)26-8-3-4-16(21)19-18(17(22)23)7-9-25-11-18/h5-6,10H,3-4,7-9,11H2,1-2H3,(H,19,21)(H,22,23). The normalized spacial score (nSPS) is 19.0. The number of benzene rings is 1. The van der Waals surface area contributed by atoms with Crippen LogP contribution in [0.4, 0.5) is 0 Å². The molecule has 0 aliphatic carbocycles. The van der Waals surface area contributed by atoms with Crippen LogP contribution in [-0.4, -0.2) is 55.2 Å². The number of rotatable bonds is 9. The van der Waals surface area contributed by atoms with E-state index in [0.717, 1.165) is 0 Å². The molecule has 0 aromatic heterocycles. The van der Waals surface area contributed by atoms with Gasteiger partial charge >= 0.3 is 5.97 Å². The molecule has 2 rings (SSSR count). The summed E-state index contributed by atoms with van der Waals surface area (Å²) in [5.41, 5.74) is -0.810. The third-order valence-electron chi connectivity index (χ3n) is 4.19. The largest absolute Gasteiger partial charge is 0.493 e. The fourth-order valence-corrected chi connectivity index (χ4v) is 2.64. The van der Waals surface area contributed by atoms with Gasteiger partial charge in [-0.25, -0.2) is 4.79 Å². The average Bonchev–Trinajstić information content (AvgIpc) is 3.08. The van der Waals surface area contributed by atoms with Gasteiger partial charge in [-0.3, -0.25) is 9.59 Å². The molecule has 1 amide bonds. The number of hydrogen-bond acceptors (Lipinski definition) is 6. The quantitative estimate of drug-likeness (QED) is 0.503. The molecule has 0 radical (unpaired) electrons. The van der Waals surface area contributed by atoms with Crippen LogP contribution in [0.2, 0.25) is 0 Å². The molecule has 1 aromatic carbocycles. The number of aliphatic carboxylic acids is 1. The first kappa shape index (κ1) is 19.7. The molecule has 2 N–H and O–H groups in total. The highest BCUT2D eigenvalue weighted by molar-refractivity contribution is 5.94. The number of ether oxygens (including phenoxy) is 3. The molecule has 0 spiro atoms. The van der Waals surface area contributed by atoms with Gasteiger partial charge in [0.1, 0.15) is 0 Å². The van der Waals surface area contributed by atoms with E-state index in [0.29, 0.717) is 30.1 Å². The molecule has 1 saturated heterocycles. The number of carboxylic acids is 1.